The molecule has 2 heterocycles. The van der Waals surface area contributed by atoms with Gasteiger partial charge in [-0.25, -0.2) is 14.4 Å². The monoisotopic (exact) mass is 305 g/mol. The van der Waals surface area contributed by atoms with E-state index in [2.05, 4.69) is 15.1 Å². The largest absolute Gasteiger partial charge is 0.367 e. The molecule has 0 aliphatic carbocycles. The van der Waals surface area contributed by atoms with E-state index in [0.717, 1.165) is 11.1 Å². The lowest BCUT2D eigenvalue weighted by Gasteiger charge is -2.18. The average Bonchev–Trinajstić information content (AvgIpc) is 2.82. The number of nitrogens with zero attached hydrogens (tertiary/aromatic N) is 5. The van der Waals surface area contributed by atoms with Crippen LogP contribution in [0.15, 0.2) is 30.5 Å². The van der Waals surface area contributed by atoms with Gasteiger partial charge < -0.3 is 4.90 Å². The third-order valence-electron chi connectivity index (χ3n) is 3.24. The fraction of sp³-hybridized carbons (Fsp3) is 0.214. The van der Waals surface area contributed by atoms with Gasteiger partial charge in [0.2, 0.25) is 0 Å². The Morgan fingerprint density at radius 1 is 1.24 bits per heavy atom. The minimum atomic E-state index is -0.261. The highest BCUT2D eigenvalue weighted by Gasteiger charge is 2.11. The quantitative estimate of drug-likeness (QED) is 0.698. The first kappa shape index (κ1) is 13.8. The van der Waals surface area contributed by atoms with E-state index in [1.54, 1.807) is 30.1 Å². The Morgan fingerprint density at radius 2 is 1.95 bits per heavy atom. The summed E-state index contributed by atoms with van der Waals surface area (Å²) in [5.41, 5.74) is 1.57. The van der Waals surface area contributed by atoms with Gasteiger partial charge >= 0.3 is 0 Å². The van der Waals surface area contributed by atoms with Crippen LogP contribution < -0.4 is 4.90 Å². The molecule has 0 bridgehead atoms. The van der Waals surface area contributed by atoms with Crippen LogP contribution in [-0.2, 0) is 13.6 Å². The van der Waals surface area contributed by atoms with E-state index >= 15 is 0 Å². The molecule has 0 atom stereocenters. The number of hydrogen-bond acceptors (Lipinski definition) is 4. The Bertz CT molecular complexity index is 784. The van der Waals surface area contributed by atoms with Crippen molar-refractivity contribution in [3.05, 3.63) is 47.3 Å². The number of halogens is 2. The SMILES string of the molecule is CN(Cc1nc(Cl)c2cnn(C)c2n1)c1ccc(F)cc1. The molecule has 0 saturated carbocycles. The summed E-state index contributed by atoms with van der Waals surface area (Å²) in [5.74, 6) is 0.325. The predicted octanol–water partition coefficient (Wildman–Crippen LogP) is 2.79. The minimum absolute atomic E-state index is 0.261. The van der Waals surface area contributed by atoms with Crippen molar-refractivity contribution in [2.24, 2.45) is 7.05 Å². The summed E-state index contributed by atoms with van der Waals surface area (Å²) in [6, 6.07) is 6.26. The van der Waals surface area contributed by atoms with Crippen molar-refractivity contribution in [3.63, 3.8) is 0 Å². The molecule has 7 heteroatoms. The van der Waals surface area contributed by atoms with Crippen LogP contribution in [0.1, 0.15) is 5.82 Å². The number of benzene rings is 1. The fourth-order valence-electron chi connectivity index (χ4n) is 2.10. The van der Waals surface area contributed by atoms with Crippen LogP contribution in [0, 0.1) is 5.82 Å². The molecule has 0 aliphatic heterocycles. The Kier molecular flexibility index (Phi) is 3.47. The maximum atomic E-state index is 12.9. The van der Waals surface area contributed by atoms with Gasteiger partial charge in [-0.2, -0.15) is 5.10 Å². The second kappa shape index (κ2) is 5.29. The van der Waals surface area contributed by atoms with Crippen molar-refractivity contribution in [2.45, 2.75) is 6.54 Å². The first-order chi connectivity index (χ1) is 10.0. The van der Waals surface area contributed by atoms with Crippen LogP contribution in [0.5, 0.6) is 0 Å². The zero-order valence-corrected chi connectivity index (χ0v) is 12.3. The molecule has 1 aromatic carbocycles. The predicted molar refractivity (Wildman–Crippen MR) is 79.8 cm³/mol. The van der Waals surface area contributed by atoms with Crippen LogP contribution in [0.3, 0.4) is 0 Å². The Hall–Kier alpha value is -2.21. The van der Waals surface area contributed by atoms with E-state index in [0.29, 0.717) is 23.2 Å². The Balaban J connectivity index is 1.90. The lowest BCUT2D eigenvalue weighted by Crippen LogP contribution is -2.18. The first-order valence-corrected chi connectivity index (χ1v) is 6.73. The average molecular weight is 306 g/mol. The molecule has 21 heavy (non-hydrogen) atoms. The van der Waals surface area contributed by atoms with Crippen molar-refractivity contribution in [2.75, 3.05) is 11.9 Å². The molecule has 0 unspecified atom stereocenters. The lowest BCUT2D eigenvalue weighted by atomic mass is 10.3. The normalized spacial score (nSPS) is 11.0. The zero-order valence-electron chi connectivity index (χ0n) is 11.6. The molecular formula is C14H13ClFN5. The number of aromatic nitrogens is 4. The molecule has 0 saturated heterocycles. The van der Waals surface area contributed by atoms with E-state index in [1.165, 1.54) is 12.1 Å². The first-order valence-electron chi connectivity index (χ1n) is 6.35. The van der Waals surface area contributed by atoms with Gasteiger partial charge in [0.25, 0.3) is 0 Å². The smallest absolute Gasteiger partial charge is 0.162 e. The molecule has 108 valence electrons. The standard InChI is InChI=1S/C14H13ClFN5/c1-20(10-5-3-9(16)4-6-10)8-12-18-13(15)11-7-17-21(2)14(11)19-12/h3-7H,8H2,1-2H3. The van der Waals surface area contributed by atoms with Gasteiger partial charge in [-0.05, 0) is 24.3 Å². The molecule has 5 nitrogen and oxygen atoms in total. The van der Waals surface area contributed by atoms with Crippen LogP contribution in [-0.4, -0.2) is 26.8 Å². The van der Waals surface area contributed by atoms with Crippen LogP contribution in [0.4, 0.5) is 10.1 Å². The molecule has 0 amide bonds. The van der Waals surface area contributed by atoms with E-state index in [4.69, 9.17) is 11.6 Å². The van der Waals surface area contributed by atoms with Crippen molar-refractivity contribution in [1.82, 2.24) is 19.7 Å². The highest BCUT2D eigenvalue weighted by Crippen LogP contribution is 2.21. The Morgan fingerprint density at radius 3 is 2.67 bits per heavy atom. The summed E-state index contributed by atoms with van der Waals surface area (Å²) in [6.45, 7) is 0.465. The van der Waals surface area contributed by atoms with E-state index in [-0.39, 0.29) is 5.82 Å². The van der Waals surface area contributed by atoms with Gasteiger partial charge in [-0.15, -0.1) is 0 Å². The van der Waals surface area contributed by atoms with Crippen molar-refractivity contribution < 1.29 is 4.39 Å². The second-order valence-electron chi connectivity index (χ2n) is 4.77. The molecule has 0 aliphatic rings. The molecule has 3 aromatic rings. The van der Waals surface area contributed by atoms with Gasteiger partial charge in [-0.3, -0.25) is 4.68 Å². The zero-order chi connectivity index (χ0) is 15.0. The Labute approximate surface area is 126 Å². The van der Waals surface area contributed by atoms with Crippen molar-refractivity contribution in [3.8, 4) is 0 Å². The molecule has 3 rings (SSSR count). The van der Waals surface area contributed by atoms with Crippen LogP contribution in [0.25, 0.3) is 11.0 Å². The summed E-state index contributed by atoms with van der Waals surface area (Å²) in [7, 11) is 3.69. The maximum absolute atomic E-state index is 12.9. The molecule has 2 aromatic heterocycles. The van der Waals surface area contributed by atoms with Crippen LogP contribution in [0.2, 0.25) is 5.15 Å². The number of anilines is 1. The van der Waals surface area contributed by atoms with Gasteiger partial charge in [-0.1, -0.05) is 11.6 Å². The van der Waals surface area contributed by atoms with E-state index in [9.17, 15) is 4.39 Å². The number of fused-ring (bicyclic) bond motifs is 1. The molecule has 0 N–H and O–H groups in total. The van der Waals surface area contributed by atoms with Gasteiger partial charge in [0.05, 0.1) is 18.1 Å². The van der Waals surface area contributed by atoms with Gasteiger partial charge in [0.15, 0.2) is 11.5 Å². The summed E-state index contributed by atoms with van der Waals surface area (Å²) >= 11 is 6.15. The van der Waals surface area contributed by atoms with Gasteiger partial charge in [0, 0.05) is 19.8 Å². The molecule has 0 radical (unpaired) electrons. The molecular weight excluding hydrogens is 293 g/mol. The lowest BCUT2D eigenvalue weighted by molar-refractivity contribution is 0.627. The number of rotatable bonds is 3. The van der Waals surface area contributed by atoms with Crippen molar-refractivity contribution in [1.29, 1.82) is 0 Å². The second-order valence-corrected chi connectivity index (χ2v) is 5.13. The highest BCUT2D eigenvalue weighted by atomic mass is 35.5. The summed E-state index contributed by atoms with van der Waals surface area (Å²) in [4.78, 5) is 10.7. The third-order valence-corrected chi connectivity index (χ3v) is 3.53. The minimum Gasteiger partial charge on any atom is -0.367 e. The van der Waals surface area contributed by atoms with Crippen molar-refractivity contribution >= 4 is 28.3 Å². The molecule has 0 fully saturated rings. The van der Waals surface area contributed by atoms with Gasteiger partial charge in [0.1, 0.15) is 11.0 Å². The maximum Gasteiger partial charge on any atom is 0.162 e. The summed E-state index contributed by atoms with van der Waals surface area (Å²) in [6.07, 6.45) is 1.64. The topological polar surface area (TPSA) is 46.8 Å². The van der Waals surface area contributed by atoms with E-state index in [1.807, 2.05) is 11.9 Å². The number of hydrogen-bond donors (Lipinski definition) is 0. The molecule has 0 spiro atoms. The van der Waals surface area contributed by atoms with Crippen LogP contribution >= 0.6 is 11.6 Å². The van der Waals surface area contributed by atoms with E-state index < -0.39 is 0 Å². The fourth-order valence-corrected chi connectivity index (χ4v) is 2.33. The highest BCUT2D eigenvalue weighted by molar-refractivity contribution is 6.33. The number of aryl methyl sites for hydroxylation is 1. The summed E-state index contributed by atoms with van der Waals surface area (Å²) < 4.78 is 14.6. The summed E-state index contributed by atoms with van der Waals surface area (Å²) in [5, 5.41) is 5.23. The third kappa shape index (κ3) is 2.67.